The predicted molar refractivity (Wildman–Crippen MR) is 67.2 cm³/mol. The number of pyridine rings is 1. The van der Waals surface area contributed by atoms with Crippen molar-refractivity contribution in [1.82, 2.24) is 15.2 Å². The van der Waals surface area contributed by atoms with Gasteiger partial charge in [-0.3, -0.25) is 9.98 Å². The van der Waals surface area contributed by atoms with Crippen LogP contribution in [0.2, 0.25) is 0 Å². The SMILES string of the molecule is COc1ccc(CNC2=NCCCN2C)nc1. The fraction of sp³-hybridized carbons (Fsp3) is 0.500. The number of nitrogens with one attached hydrogen (secondary N) is 1. The van der Waals surface area contributed by atoms with E-state index in [1.165, 1.54) is 0 Å². The maximum absolute atomic E-state index is 5.07. The van der Waals surface area contributed by atoms with Gasteiger partial charge in [-0.1, -0.05) is 0 Å². The van der Waals surface area contributed by atoms with E-state index in [1.54, 1.807) is 13.3 Å². The summed E-state index contributed by atoms with van der Waals surface area (Å²) in [6.45, 7) is 2.65. The molecule has 0 fully saturated rings. The van der Waals surface area contributed by atoms with Crippen LogP contribution in [0.25, 0.3) is 0 Å². The normalized spacial score (nSPS) is 15.4. The Morgan fingerprint density at radius 1 is 1.47 bits per heavy atom. The van der Waals surface area contributed by atoms with E-state index >= 15 is 0 Å². The molecule has 0 unspecified atom stereocenters. The number of guanidine groups is 1. The second kappa shape index (κ2) is 5.52. The fourth-order valence-electron chi connectivity index (χ4n) is 1.72. The Morgan fingerprint density at radius 3 is 3.00 bits per heavy atom. The number of methoxy groups -OCH3 is 1. The fourth-order valence-corrected chi connectivity index (χ4v) is 1.72. The number of hydrogen-bond acceptors (Lipinski definition) is 5. The molecular weight excluding hydrogens is 216 g/mol. The summed E-state index contributed by atoms with van der Waals surface area (Å²) in [5.74, 6) is 1.73. The molecule has 0 bridgehead atoms. The van der Waals surface area contributed by atoms with Crippen LogP contribution in [0, 0.1) is 0 Å². The molecule has 2 heterocycles. The average molecular weight is 234 g/mol. The quantitative estimate of drug-likeness (QED) is 0.843. The Kier molecular flexibility index (Phi) is 3.80. The van der Waals surface area contributed by atoms with Crippen LogP contribution in [0.4, 0.5) is 0 Å². The highest BCUT2D eigenvalue weighted by Crippen LogP contribution is 2.07. The first-order valence-electron chi connectivity index (χ1n) is 5.78. The number of hydrogen-bond donors (Lipinski definition) is 1. The summed E-state index contributed by atoms with van der Waals surface area (Å²) >= 11 is 0. The summed E-state index contributed by atoms with van der Waals surface area (Å²) in [7, 11) is 3.69. The van der Waals surface area contributed by atoms with E-state index in [1.807, 2.05) is 19.2 Å². The molecule has 0 spiro atoms. The maximum Gasteiger partial charge on any atom is 0.193 e. The third-order valence-electron chi connectivity index (χ3n) is 2.74. The van der Waals surface area contributed by atoms with Gasteiger partial charge in [-0.05, 0) is 18.6 Å². The van der Waals surface area contributed by atoms with Crippen LogP contribution in [-0.4, -0.2) is 43.1 Å². The first-order valence-corrected chi connectivity index (χ1v) is 5.78. The van der Waals surface area contributed by atoms with Crippen LogP contribution in [0.15, 0.2) is 23.3 Å². The minimum absolute atomic E-state index is 0.688. The van der Waals surface area contributed by atoms with Crippen molar-refractivity contribution in [3.8, 4) is 5.75 Å². The van der Waals surface area contributed by atoms with Gasteiger partial charge in [0.1, 0.15) is 5.75 Å². The van der Waals surface area contributed by atoms with Gasteiger partial charge in [0.25, 0.3) is 0 Å². The number of ether oxygens (including phenoxy) is 1. The van der Waals surface area contributed by atoms with Gasteiger partial charge in [0.15, 0.2) is 5.96 Å². The molecule has 0 saturated carbocycles. The Morgan fingerprint density at radius 2 is 2.35 bits per heavy atom. The van der Waals surface area contributed by atoms with Crippen molar-refractivity contribution in [3.05, 3.63) is 24.0 Å². The van der Waals surface area contributed by atoms with Crippen LogP contribution >= 0.6 is 0 Å². The first-order chi connectivity index (χ1) is 8.29. The number of aliphatic imine (C=N–C) groups is 1. The zero-order valence-corrected chi connectivity index (χ0v) is 10.3. The Labute approximate surface area is 102 Å². The zero-order valence-electron chi connectivity index (χ0n) is 10.3. The van der Waals surface area contributed by atoms with E-state index in [0.29, 0.717) is 6.54 Å². The smallest absolute Gasteiger partial charge is 0.193 e. The number of nitrogens with zero attached hydrogens (tertiary/aromatic N) is 3. The summed E-state index contributed by atoms with van der Waals surface area (Å²) < 4.78 is 5.07. The van der Waals surface area contributed by atoms with Crippen molar-refractivity contribution in [3.63, 3.8) is 0 Å². The molecule has 17 heavy (non-hydrogen) atoms. The Balaban J connectivity index is 1.90. The Bertz CT molecular complexity index is 388. The third-order valence-corrected chi connectivity index (χ3v) is 2.74. The lowest BCUT2D eigenvalue weighted by Gasteiger charge is -2.25. The lowest BCUT2D eigenvalue weighted by molar-refractivity contribution is 0.412. The molecule has 1 aliphatic heterocycles. The summed E-state index contributed by atoms with van der Waals surface area (Å²) in [6, 6.07) is 3.87. The lowest BCUT2D eigenvalue weighted by Crippen LogP contribution is -2.41. The molecule has 0 atom stereocenters. The highest BCUT2D eigenvalue weighted by molar-refractivity contribution is 5.80. The van der Waals surface area contributed by atoms with Crippen molar-refractivity contribution in [1.29, 1.82) is 0 Å². The molecule has 0 aliphatic carbocycles. The van der Waals surface area contributed by atoms with Crippen molar-refractivity contribution in [2.75, 3.05) is 27.2 Å². The number of rotatable bonds is 3. The van der Waals surface area contributed by atoms with Crippen LogP contribution in [0.5, 0.6) is 5.75 Å². The van der Waals surface area contributed by atoms with E-state index < -0.39 is 0 Å². The lowest BCUT2D eigenvalue weighted by atomic mass is 10.3. The standard InChI is InChI=1S/C12H18N4O/c1-16-7-3-6-13-12(16)15-8-10-4-5-11(17-2)9-14-10/h4-5,9H,3,6-8H2,1-2H3,(H,13,15). The summed E-state index contributed by atoms with van der Waals surface area (Å²) in [5.41, 5.74) is 0.979. The van der Waals surface area contributed by atoms with Gasteiger partial charge < -0.3 is 15.0 Å². The molecule has 92 valence electrons. The van der Waals surface area contributed by atoms with Crippen molar-refractivity contribution in [2.45, 2.75) is 13.0 Å². The molecule has 0 amide bonds. The molecule has 1 aliphatic rings. The average Bonchev–Trinajstić information content (AvgIpc) is 2.38. The molecule has 0 radical (unpaired) electrons. The van der Waals surface area contributed by atoms with Crippen molar-refractivity contribution < 1.29 is 4.74 Å². The van der Waals surface area contributed by atoms with Crippen LogP contribution in [-0.2, 0) is 6.54 Å². The molecule has 1 aromatic heterocycles. The molecule has 1 aromatic rings. The van der Waals surface area contributed by atoms with E-state index in [0.717, 1.165) is 36.9 Å². The van der Waals surface area contributed by atoms with Gasteiger partial charge >= 0.3 is 0 Å². The molecule has 1 N–H and O–H groups in total. The minimum Gasteiger partial charge on any atom is -0.495 e. The topological polar surface area (TPSA) is 49.8 Å². The molecule has 0 aromatic carbocycles. The van der Waals surface area contributed by atoms with Crippen molar-refractivity contribution in [2.24, 2.45) is 4.99 Å². The molecule has 2 rings (SSSR count). The minimum atomic E-state index is 0.688. The van der Waals surface area contributed by atoms with Gasteiger partial charge in [-0.15, -0.1) is 0 Å². The van der Waals surface area contributed by atoms with E-state index in [2.05, 4.69) is 20.2 Å². The van der Waals surface area contributed by atoms with E-state index in [-0.39, 0.29) is 0 Å². The predicted octanol–water partition coefficient (Wildman–Crippen LogP) is 0.871. The summed E-state index contributed by atoms with van der Waals surface area (Å²) in [5, 5.41) is 3.30. The van der Waals surface area contributed by atoms with Crippen LogP contribution in [0.1, 0.15) is 12.1 Å². The van der Waals surface area contributed by atoms with Gasteiger partial charge in [-0.25, -0.2) is 0 Å². The monoisotopic (exact) mass is 234 g/mol. The van der Waals surface area contributed by atoms with Gasteiger partial charge in [0, 0.05) is 20.1 Å². The van der Waals surface area contributed by atoms with Gasteiger partial charge in [0.05, 0.1) is 25.5 Å². The number of aromatic nitrogens is 1. The zero-order chi connectivity index (χ0) is 12.1. The summed E-state index contributed by atoms with van der Waals surface area (Å²) in [6.07, 6.45) is 2.85. The molecule has 0 saturated heterocycles. The second-order valence-corrected chi connectivity index (χ2v) is 4.02. The largest absolute Gasteiger partial charge is 0.495 e. The summed E-state index contributed by atoms with van der Waals surface area (Å²) in [4.78, 5) is 10.9. The molecule has 5 heteroatoms. The highest BCUT2D eigenvalue weighted by atomic mass is 16.5. The Hall–Kier alpha value is -1.78. The van der Waals surface area contributed by atoms with Crippen molar-refractivity contribution >= 4 is 5.96 Å². The van der Waals surface area contributed by atoms with E-state index in [4.69, 9.17) is 4.74 Å². The van der Waals surface area contributed by atoms with Crippen LogP contribution < -0.4 is 10.1 Å². The van der Waals surface area contributed by atoms with E-state index in [9.17, 15) is 0 Å². The highest BCUT2D eigenvalue weighted by Gasteiger charge is 2.10. The third kappa shape index (κ3) is 3.09. The first kappa shape index (κ1) is 11.7. The maximum atomic E-state index is 5.07. The molecular formula is C12H18N4O. The molecule has 5 nitrogen and oxygen atoms in total. The second-order valence-electron chi connectivity index (χ2n) is 4.02. The van der Waals surface area contributed by atoms with Gasteiger partial charge in [-0.2, -0.15) is 0 Å². The van der Waals surface area contributed by atoms with Crippen LogP contribution in [0.3, 0.4) is 0 Å². The van der Waals surface area contributed by atoms with Gasteiger partial charge in [0.2, 0.25) is 0 Å².